The summed E-state index contributed by atoms with van der Waals surface area (Å²) in [6.45, 7) is 3.69. The first-order chi connectivity index (χ1) is 8.42. The van der Waals surface area contributed by atoms with Crippen LogP contribution < -0.4 is 0 Å². The minimum atomic E-state index is -1.18. The Morgan fingerprint density at radius 2 is 2.00 bits per heavy atom. The number of hydrogen-bond donors (Lipinski definition) is 0. The van der Waals surface area contributed by atoms with Gasteiger partial charge < -0.3 is 0 Å². The molecule has 5 heteroatoms. The van der Waals surface area contributed by atoms with Crippen LogP contribution in [0.1, 0.15) is 29.8 Å². The fourth-order valence-corrected chi connectivity index (χ4v) is 3.24. The number of halogens is 3. The van der Waals surface area contributed by atoms with Crippen molar-refractivity contribution in [3.8, 4) is 0 Å². The van der Waals surface area contributed by atoms with E-state index in [9.17, 15) is 4.39 Å². The Bertz CT molecular complexity index is 668. The van der Waals surface area contributed by atoms with E-state index in [4.69, 9.17) is 11.6 Å². The van der Waals surface area contributed by atoms with E-state index in [0.29, 0.717) is 29.3 Å². The summed E-state index contributed by atoms with van der Waals surface area (Å²) >= 11 is 8.49. The van der Waals surface area contributed by atoms with Gasteiger partial charge >= 0.3 is 0 Å². The Morgan fingerprint density at radius 3 is 2.61 bits per heavy atom. The topological polar surface area (TPSA) is 25.8 Å². The van der Waals surface area contributed by atoms with Crippen molar-refractivity contribution < 1.29 is 4.39 Å². The molecule has 1 aromatic heterocycles. The summed E-state index contributed by atoms with van der Waals surface area (Å²) in [4.78, 5) is 8.68. The van der Waals surface area contributed by atoms with Crippen molar-refractivity contribution in [1.29, 1.82) is 0 Å². The van der Waals surface area contributed by atoms with Gasteiger partial charge in [-0.25, -0.2) is 14.4 Å². The van der Waals surface area contributed by atoms with Crippen molar-refractivity contribution in [2.75, 3.05) is 0 Å². The number of nitrogens with zero attached hydrogens (tertiary/aromatic N) is 2. The van der Waals surface area contributed by atoms with E-state index < -0.39 is 5.67 Å². The Morgan fingerprint density at radius 1 is 1.33 bits per heavy atom. The number of alkyl halides is 1. The van der Waals surface area contributed by atoms with Crippen molar-refractivity contribution in [3.05, 3.63) is 31.7 Å². The second-order valence-corrected chi connectivity index (χ2v) is 6.19. The van der Waals surface area contributed by atoms with E-state index in [1.807, 2.05) is 19.9 Å². The van der Waals surface area contributed by atoms with Crippen LogP contribution in [-0.4, -0.2) is 9.97 Å². The molecule has 0 radical (unpaired) electrons. The monoisotopic (exact) mass is 376 g/mol. The van der Waals surface area contributed by atoms with Gasteiger partial charge in [0.15, 0.2) is 0 Å². The summed E-state index contributed by atoms with van der Waals surface area (Å²) in [6.07, 6.45) is 1.16. The zero-order chi connectivity index (χ0) is 13.1. The molecule has 0 aliphatic heterocycles. The highest BCUT2D eigenvalue weighted by molar-refractivity contribution is 14.1. The molecule has 0 bridgehead atoms. The van der Waals surface area contributed by atoms with E-state index >= 15 is 0 Å². The van der Waals surface area contributed by atoms with Gasteiger partial charge in [-0.1, -0.05) is 11.6 Å². The van der Waals surface area contributed by atoms with E-state index in [0.717, 1.165) is 20.2 Å². The zero-order valence-corrected chi connectivity index (χ0v) is 12.9. The third-order valence-corrected chi connectivity index (χ3v) is 4.70. The van der Waals surface area contributed by atoms with E-state index in [1.165, 1.54) is 0 Å². The zero-order valence-electron chi connectivity index (χ0n) is 10.0. The predicted molar refractivity (Wildman–Crippen MR) is 78.8 cm³/mol. The summed E-state index contributed by atoms with van der Waals surface area (Å²) in [6, 6.07) is 1.87. The lowest BCUT2D eigenvalue weighted by Gasteiger charge is -2.14. The standard InChI is InChI=1S/C13H11ClFIN2/c1-6-9(13(15)3-4-13)5-8-11(10(6)14)17-7(2)18-12(8)16/h5H,3-4H2,1-2H3. The molecule has 1 aromatic carbocycles. The average Bonchev–Trinajstić information content (AvgIpc) is 3.03. The summed E-state index contributed by atoms with van der Waals surface area (Å²) < 4.78 is 15.1. The third-order valence-electron chi connectivity index (χ3n) is 3.41. The molecule has 94 valence electrons. The molecule has 0 spiro atoms. The highest BCUT2D eigenvalue weighted by Gasteiger charge is 2.46. The van der Waals surface area contributed by atoms with Crippen molar-refractivity contribution in [3.63, 3.8) is 0 Å². The van der Waals surface area contributed by atoms with Crippen molar-refractivity contribution >= 4 is 45.1 Å². The fourth-order valence-electron chi connectivity index (χ4n) is 2.24. The molecule has 2 nitrogen and oxygen atoms in total. The first kappa shape index (κ1) is 12.5. The smallest absolute Gasteiger partial charge is 0.136 e. The summed E-state index contributed by atoms with van der Waals surface area (Å²) in [5.74, 6) is 0.683. The quantitative estimate of drug-likeness (QED) is 0.542. The number of aromatic nitrogens is 2. The molecule has 0 amide bonds. The molecule has 0 saturated heterocycles. The molecule has 0 unspecified atom stereocenters. The molecule has 1 fully saturated rings. The molecule has 3 rings (SSSR count). The maximum absolute atomic E-state index is 14.3. The van der Waals surface area contributed by atoms with Gasteiger partial charge in [-0.2, -0.15) is 0 Å². The van der Waals surface area contributed by atoms with Crippen LogP contribution in [-0.2, 0) is 5.67 Å². The van der Waals surface area contributed by atoms with Gasteiger partial charge in [-0.3, -0.25) is 0 Å². The van der Waals surface area contributed by atoms with Crippen molar-refractivity contribution in [2.24, 2.45) is 0 Å². The molecular formula is C13H11ClFIN2. The molecule has 1 aliphatic carbocycles. The van der Waals surface area contributed by atoms with E-state index in [1.54, 1.807) is 0 Å². The molecule has 1 heterocycles. The summed E-state index contributed by atoms with van der Waals surface area (Å²) in [7, 11) is 0. The van der Waals surface area contributed by atoms with Gasteiger partial charge in [-0.05, 0) is 66.5 Å². The predicted octanol–water partition coefficient (Wildman–Crippen LogP) is 4.46. The molecule has 1 saturated carbocycles. The van der Waals surface area contributed by atoms with Gasteiger partial charge in [0.1, 0.15) is 15.2 Å². The second kappa shape index (κ2) is 4.00. The molecular weight excluding hydrogens is 366 g/mol. The SMILES string of the molecule is Cc1nc(I)c2cc(C3(F)CC3)c(C)c(Cl)c2n1. The summed E-state index contributed by atoms with van der Waals surface area (Å²) in [5, 5.41) is 1.39. The van der Waals surface area contributed by atoms with Crippen molar-refractivity contribution in [2.45, 2.75) is 32.4 Å². The van der Waals surface area contributed by atoms with E-state index in [2.05, 4.69) is 32.6 Å². The maximum Gasteiger partial charge on any atom is 0.136 e. The van der Waals surface area contributed by atoms with Gasteiger partial charge in [-0.15, -0.1) is 0 Å². The number of rotatable bonds is 1. The van der Waals surface area contributed by atoms with Crippen LogP contribution >= 0.6 is 34.2 Å². The Balaban J connectivity index is 2.40. The Labute approximate surface area is 123 Å². The molecule has 18 heavy (non-hydrogen) atoms. The number of aryl methyl sites for hydroxylation is 1. The maximum atomic E-state index is 14.3. The van der Waals surface area contributed by atoms with Gasteiger partial charge in [0, 0.05) is 5.39 Å². The Kier molecular flexibility index (Phi) is 2.79. The van der Waals surface area contributed by atoms with Gasteiger partial charge in [0.05, 0.1) is 10.5 Å². The highest BCUT2D eigenvalue weighted by Crippen LogP contribution is 2.52. The normalized spacial score (nSPS) is 17.2. The Hall–Kier alpha value is -0.490. The van der Waals surface area contributed by atoms with Gasteiger partial charge in [0.25, 0.3) is 0 Å². The highest BCUT2D eigenvalue weighted by atomic mass is 127. The molecule has 1 aliphatic rings. The number of benzene rings is 1. The fraction of sp³-hybridized carbons (Fsp3) is 0.385. The minimum absolute atomic E-state index is 0.551. The lowest BCUT2D eigenvalue weighted by Crippen LogP contribution is -2.04. The third kappa shape index (κ3) is 1.81. The van der Waals surface area contributed by atoms with Crippen LogP contribution in [0.4, 0.5) is 4.39 Å². The first-order valence-corrected chi connectivity index (χ1v) is 7.20. The summed E-state index contributed by atoms with van der Waals surface area (Å²) in [5.41, 5.74) is 1.04. The average molecular weight is 377 g/mol. The first-order valence-electron chi connectivity index (χ1n) is 5.75. The van der Waals surface area contributed by atoms with Gasteiger partial charge in [0.2, 0.25) is 0 Å². The van der Waals surface area contributed by atoms with Crippen LogP contribution in [0.25, 0.3) is 10.9 Å². The number of hydrogen-bond acceptors (Lipinski definition) is 2. The minimum Gasteiger partial charge on any atom is -0.239 e. The second-order valence-electron chi connectivity index (χ2n) is 4.79. The van der Waals surface area contributed by atoms with Crippen LogP contribution in [0.5, 0.6) is 0 Å². The molecule has 0 atom stereocenters. The molecule has 2 aromatic rings. The lowest BCUT2D eigenvalue weighted by molar-refractivity contribution is 0.316. The van der Waals surface area contributed by atoms with Crippen LogP contribution in [0, 0.1) is 17.5 Å². The van der Waals surface area contributed by atoms with Crippen LogP contribution in [0.2, 0.25) is 5.02 Å². The van der Waals surface area contributed by atoms with Crippen LogP contribution in [0.15, 0.2) is 6.07 Å². The largest absolute Gasteiger partial charge is 0.239 e. The van der Waals surface area contributed by atoms with Crippen LogP contribution in [0.3, 0.4) is 0 Å². The number of fused-ring (bicyclic) bond motifs is 1. The lowest BCUT2D eigenvalue weighted by atomic mass is 10.00. The van der Waals surface area contributed by atoms with Crippen molar-refractivity contribution in [1.82, 2.24) is 9.97 Å². The molecule has 0 N–H and O–H groups in total. The van der Waals surface area contributed by atoms with E-state index in [-0.39, 0.29) is 0 Å².